The summed E-state index contributed by atoms with van der Waals surface area (Å²) in [6.07, 6.45) is 4.13. The lowest BCUT2D eigenvalue weighted by Gasteiger charge is -2.32. The summed E-state index contributed by atoms with van der Waals surface area (Å²) >= 11 is 0. The van der Waals surface area contributed by atoms with Gasteiger partial charge in [0, 0.05) is 18.8 Å². The first-order valence-corrected chi connectivity index (χ1v) is 17.9. The van der Waals surface area contributed by atoms with Crippen LogP contribution in [-0.4, -0.2) is 73.9 Å². The van der Waals surface area contributed by atoms with Crippen LogP contribution in [0, 0.1) is 27.4 Å². The van der Waals surface area contributed by atoms with E-state index in [1.165, 1.54) is 23.9 Å². The predicted octanol–water partition coefficient (Wildman–Crippen LogP) is 6.63. The number of aromatic nitrogens is 2. The fourth-order valence-electron chi connectivity index (χ4n) is 6.31. The van der Waals surface area contributed by atoms with Gasteiger partial charge in [0.05, 0.1) is 56.4 Å². The topological polar surface area (TPSA) is 184 Å². The number of amides is 1. The summed E-state index contributed by atoms with van der Waals surface area (Å²) in [5.41, 5.74) is 1.76. The number of rotatable bonds is 17. The zero-order valence-electron chi connectivity index (χ0n) is 32.7. The highest BCUT2D eigenvalue weighted by Gasteiger charge is 2.36. The van der Waals surface area contributed by atoms with E-state index in [0.29, 0.717) is 22.8 Å². The van der Waals surface area contributed by atoms with E-state index in [0.717, 1.165) is 60.0 Å². The number of carbonyl (C=O) groups is 1. The van der Waals surface area contributed by atoms with Gasteiger partial charge < -0.3 is 33.6 Å². The molecule has 0 radical (unpaired) electrons. The monoisotopic (exact) mass is 768 g/mol. The van der Waals surface area contributed by atoms with Crippen LogP contribution >= 0.6 is 0 Å². The molecule has 0 aliphatic heterocycles. The normalized spacial score (nSPS) is 11.9. The van der Waals surface area contributed by atoms with Gasteiger partial charge in [0.1, 0.15) is 12.4 Å². The first-order valence-electron chi connectivity index (χ1n) is 17.9. The van der Waals surface area contributed by atoms with Gasteiger partial charge in [-0.15, -0.1) is 0 Å². The Balaban J connectivity index is 0.000000264. The van der Waals surface area contributed by atoms with E-state index in [9.17, 15) is 25.0 Å². The van der Waals surface area contributed by atoms with E-state index in [1.54, 1.807) is 46.6 Å². The second kappa shape index (κ2) is 19.8. The average Bonchev–Trinajstić information content (AvgIpc) is 3.51. The maximum absolute atomic E-state index is 12.0. The average molecular weight is 769 g/mol. The number of pyridine rings is 1. The lowest BCUT2D eigenvalue weighted by atomic mass is 9.69. The molecule has 1 atom stereocenters. The fraction of sp³-hybridized carbons (Fsp3) is 0.366. The van der Waals surface area contributed by atoms with Crippen LogP contribution in [0.5, 0.6) is 23.0 Å². The molecule has 296 valence electrons. The number of anilines is 1. The van der Waals surface area contributed by atoms with Crippen molar-refractivity contribution in [2.75, 3.05) is 53.9 Å². The Morgan fingerprint density at radius 1 is 0.964 bits per heavy atom. The summed E-state index contributed by atoms with van der Waals surface area (Å²) < 4.78 is 27.6. The highest BCUT2D eigenvalue weighted by Crippen LogP contribution is 2.40. The van der Waals surface area contributed by atoms with Gasteiger partial charge in [-0.2, -0.15) is 5.26 Å². The van der Waals surface area contributed by atoms with Crippen molar-refractivity contribution >= 4 is 28.5 Å². The van der Waals surface area contributed by atoms with Crippen LogP contribution in [0.25, 0.3) is 11.1 Å². The Morgan fingerprint density at radius 3 is 2.25 bits per heavy atom. The van der Waals surface area contributed by atoms with Gasteiger partial charge in [0.15, 0.2) is 28.6 Å². The Hall–Kier alpha value is -6.40. The smallest absolute Gasteiger partial charge is 0.420 e. The molecule has 0 spiro atoms. The van der Waals surface area contributed by atoms with Gasteiger partial charge in [-0.25, -0.2) is 9.78 Å². The maximum atomic E-state index is 12.0. The van der Waals surface area contributed by atoms with Crippen molar-refractivity contribution in [1.29, 1.82) is 5.26 Å². The maximum Gasteiger partial charge on any atom is 0.420 e. The lowest BCUT2D eigenvalue weighted by molar-refractivity contribution is -0.384. The number of nitriles is 1. The van der Waals surface area contributed by atoms with Gasteiger partial charge >= 0.3 is 5.76 Å². The van der Waals surface area contributed by atoms with Crippen LogP contribution in [-0.2, 0) is 23.2 Å². The zero-order chi connectivity index (χ0) is 40.8. The molecule has 1 N–H and O–H groups in total. The number of nitro benzene ring substituents is 1. The molecular weight excluding hydrogens is 720 g/mol. The minimum Gasteiger partial charge on any atom is -0.493 e. The van der Waals surface area contributed by atoms with Crippen molar-refractivity contribution in [3.05, 3.63) is 111 Å². The van der Waals surface area contributed by atoms with Crippen LogP contribution in [0.15, 0.2) is 88.2 Å². The Kier molecular flexibility index (Phi) is 15.0. The van der Waals surface area contributed by atoms with Crippen LogP contribution in [0.4, 0.5) is 11.5 Å². The van der Waals surface area contributed by atoms with Gasteiger partial charge in [0.25, 0.3) is 5.69 Å². The summed E-state index contributed by atoms with van der Waals surface area (Å²) in [5, 5.41) is 23.5. The molecule has 2 aromatic heterocycles. The van der Waals surface area contributed by atoms with Crippen LogP contribution in [0.3, 0.4) is 0 Å². The van der Waals surface area contributed by atoms with Gasteiger partial charge in [-0.1, -0.05) is 32.0 Å². The molecule has 15 nitrogen and oxygen atoms in total. The number of carbonyl (C=O) groups excluding carboxylic acids is 1. The number of fused-ring (bicyclic) bond motifs is 1. The van der Waals surface area contributed by atoms with Crippen molar-refractivity contribution in [2.24, 2.45) is 5.92 Å². The number of benzene rings is 3. The third-order valence-corrected chi connectivity index (χ3v) is 9.52. The van der Waals surface area contributed by atoms with Crippen LogP contribution in [0.1, 0.15) is 37.8 Å². The molecule has 2 heterocycles. The number of nitrogens with one attached hydrogen (secondary N) is 1. The van der Waals surface area contributed by atoms with Gasteiger partial charge in [-0.3, -0.25) is 19.5 Å². The number of methoxy groups -OCH3 is 4. The fourth-order valence-corrected chi connectivity index (χ4v) is 6.31. The molecule has 1 amide bonds. The summed E-state index contributed by atoms with van der Waals surface area (Å²) in [6, 6.07) is 23.3. The van der Waals surface area contributed by atoms with Crippen LogP contribution < -0.4 is 30.0 Å². The molecule has 3 aromatic carbocycles. The van der Waals surface area contributed by atoms with Crippen molar-refractivity contribution in [2.45, 2.75) is 45.1 Å². The number of nitrogens with zero attached hydrogens (tertiary/aromatic N) is 5. The second-order valence-corrected chi connectivity index (χ2v) is 13.3. The number of hydrogen-bond donors (Lipinski definition) is 1. The first kappa shape index (κ1) is 42.3. The highest BCUT2D eigenvalue weighted by atomic mass is 16.6. The van der Waals surface area contributed by atoms with Crippen molar-refractivity contribution in [3.63, 3.8) is 0 Å². The van der Waals surface area contributed by atoms with E-state index in [4.69, 9.17) is 23.4 Å². The van der Waals surface area contributed by atoms with Crippen LogP contribution in [0.2, 0.25) is 0 Å². The number of non-ortho nitro benzene ring substituents is 1. The number of ether oxygens (including phenoxy) is 4. The van der Waals surface area contributed by atoms with E-state index < -0.39 is 22.0 Å². The number of nitro groups is 1. The van der Waals surface area contributed by atoms with Gasteiger partial charge in [-0.05, 0) is 92.4 Å². The summed E-state index contributed by atoms with van der Waals surface area (Å²) in [6.45, 7) is 5.77. The molecule has 0 saturated carbocycles. The molecule has 56 heavy (non-hydrogen) atoms. The van der Waals surface area contributed by atoms with Crippen molar-refractivity contribution in [3.8, 4) is 29.1 Å². The SMILES string of the molecule is COc1ccc(CCN(C)CCCC(C#N)(c2ccc(OC)c(OC)c2)C(C)C)cc1OC.O=C(Cn1c(=O)oc2cc([N+](=O)[O-])ccc21)Nc1ccccn1. The summed E-state index contributed by atoms with van der Waals surface area (Å²) in [7, 11) is 8.67. The van der Waals surface area contributed by atoms with Crippen molar-refractivity contribution in [1.82, 2.24) is 14.5 Å². The molecule has 5 aromatic rings. The van der Waals surface area contributed by atoms with Crippen molar-refractivity contribution < 1.29 is 33.1 Å². The van der Waals surface area contributed by atoms with Gasteiger partial charge in [0.2, 0.25) is 5.91 Å². The van der Waals surface area contributed by atoms with E-state index >= 15 is 0 Å². The zero-order valence-corrected chi connectivity index (χ0v) is 32.7. The standard InChI is InChI=1S/C27H38N2O4.C14H10N4O5/c1-20(2)27(19-28,22-10-12-24(31-5)26(18-22)33-7)14-8-15-29(3)16-13-21-9-11-23(30-4)25(17-21)32-6;19-13(16-12-3-1-2-6-15-12)8-17-10-5-4-9(18(21)22)7-11(10)23-14(17)20/h9-12,17-18,20H,8,13-16H2,1-7H3;1-7H,8H2,(H,15,16,19). The largest absolute Gasteiger partial charge is 0.493 e. The van der Waals surface area contributed by atoms with E-state index in [2.05, 4.69) is 48.2 Å². The first-order chi connectivity index (χ1) is 26.9. The summed E-state index contributed by atoms with van der Waals surface area (Å²) in [4.78, 5) is 40.2. The molecule has 0 saturated heterocycles. The molecule has 0 bridgehead atoms. The second-order valence-electron chi connectivity index (χ2n) is 13.3. The molecule has 1 unspecified atom stereocenters. The lowest BCUT2D eigenvalue weighted by Crippen LogP contribution is -2.32. The Morgan fingerprint density at radius 2 is 1.64 bits per heavy atom. The Bertz CT molecular complexity index is 2200. The molecule has 0 fully saturated rings. The molecule has 15 heteroatoms. The predicted molar refractivity (Wildman–Crippen MR) is 212 cm³/mol. The minimum atomic E-state index is -0.767. The van der Waals surface area contributed by atoms with E-state index in [1.807, 2.05) is 30.3 Å². The minimum absolute atomic E-state index is 0.0508. The summed E-state index contributed by atoms with van der Waals surface area (Å²) in [5.74, 6) is 2.11. The third kappa shape index (κ3) is 10.4. The highest BCUT2D eigenvalue weighted by molar-refractivity contribution is 5.90. The van der Waals surface area contributed by atoms with E-state index in [-0.39, 0.29) is 23.7 Å². The number of hydrogen-bond acceptors (Lipinski definition) is 12. The third-order valence-electron chi connectivity index (χ3n) is 9.52. The molecule has 0 aliphatic carbocycles. The number of likely N-dealkylation sites (N-methyl/N-ethyl adjacent to an activating group) is 1. The molecule has 0 aliphatic rings. The number of oxazole rings is 1. The molecule has 5 rings (SSSR count). The molecular formula is C41H48N6O9. The quantitative estimate of drug-likeness (QED) is 0.0788. The Labute approximate surface area is 325 Å².